The number of nitrogens with zero attached hydrogens (tertiary/aromatic N) is 3. The van der Waals surface area contributed by atoms with Crippen LogP contribution in [0.25, 0.3) is 11.2 Å². The summed E-state index contributed by atoms with van der Waals surface area (Å²) < 4.78 is 0. The minimum Gasteiger partial charge on any atom is -0.481 e. The molecule has 0 saturated carbocycles. The number of nitrogen functional groups attached to an aromatic ring is 1. The molecule has 22 heteroatoms. The fraction of sp³-hybridized carbons (Fsp3) is 0.541. The molecule has 3 rings (SSSR count). The Morgan fingerprint density at radius 1 is 0.814 bits per heavy atom. The number of aromatic amines is 1. The summed E-state index contributed by atoms with van der Waals surface area (Å²) in [4.78, 5) is 91.2. The van der Waals surface area contributed by atoms with Crippen molar-refractivity contribution in [2.24, 2.45) is 11.8 Å². The van der Waals surface area contributed by atoms with Crippen molar-refractivity contribution in [1.82, 2.24) is 30.6 Å². The molecule has 0 saturated heterocycles. The lowest BCUT2D eigenvalue weighted by Gasteiger charge is -2.30. The Kier molecular flexibility index (Phi) is 18.0. The molecule has 22 nitrogen and oxygen atoms in total. The topological polar surface area (TPSA) is 389 Å². The van der Waals surface area contributed by atoms with E-state index in [1.54, 1.807) is 12.1 Å². The molecule has 2 heterocycles. The minimum absolute atomic E-state index is 0.0316. The number of carbonyl (C=O) groups excluding carboxylic acids is 4. The molecular formula is C37H51N7O15. The van der Waals surface area contributed by atoms with Crippen LogP contribution in [-0.2, 0) is 32.0 Å². The Morgan fingerprint density at radius 3 is 2.02 bits per heavy atom. The number of benzene rings is 1. The van der Waals surface area contributed by atoms with Crippen molar-refractivity contribution < 1.29 is 69.9 Å². The van der Waals surface area contributed by atoms with Gasteiger partial charge in [0.15, 0.2) is 22.7 Å². The molecular weight excluding hydrogens is 782 g/mol. The second-order valence-electron chi connectivity index (χ2n) is 14.3. The van der Waals surface area contributed by atoms with E-state index >= 15 is 0 Å². The number of rotatable bonds is 24. The van der Waals surface area contributed by atoms with Crippen molar-refractivity contribution >= 4 is 46.5 Å². The highest BCUT2D eigenvalue weighted by Crippen LogP contribution is 2.19. The number of nitrogens with two attached hydrogens (primary N) is 1. The maximum absolute atomic E-state index is 13.3. The van der Waals surface area contributed by atoms with Gasteiger partial charge in [0.05, 0.1) is 37.1 Å². The number of H-pyrrole nitrogens is 1. The molecule has 0 fully saturated rings. The lowest BCUT2D eigenvalue weighted by atomic mass is 9.91. The van der Waals surface area contributed by atoms with Gasteiger partial charge in [0, 0.05) is 30.7 Å². The van der Waals surface area contributed by atoms with E-state index in [0.717, 1.165) is 5.56 Å². The largest absolute Gasteiger partial charge is 0.481 e. The summed E-state index contributed by atoms with van der Waals surface area (Å²) in [5, 5.41) is 93.3. The number of aliphatic hydroxyl groups excluding tert-OH is 8. The molecule has 0 aliphatic heterocycles. The van der Waals surface area contributed by atoms with Gasteiger partial charge in [-0.25, -0.2) is 9.97 Å². The molecule has 2 aromatic heterocycles. The Bertz CT molecular complexity index is 1980. The lowest BCUT2D eigenvalue weighted by molar-refractivity contribution is -0.142. The van der Waals surface area contributed by atoms with Crippen LogP contribution in [0, 0.1) is 11.8 Å². The van der Waals surface area contributed by atoms with Gasteiger partial charge in [-0.1, -0.05) is 31.2 Å². The molecule has 0 radical (unpaired) electrons. The number of anilines is 1. The Labute approximate surface area is 336 Å². The average Bonchev–Trinajstić information content (AvgIpc) is 3.21. The molecule has 59 heavy (non-hydrogen) atoms. The lowest BCUT2D eigenvalue weighted by Crippen LogP contribution is -2.57. The zero-order chi connectivity index (χ0) is 44.1. The van der Waals surface area contributed by atoms with Gasteiger partial charge < -0.3 is 62.3 Å². The molecule has 10 atom stereocenters. The highest BCUT2D eigenvalue weighted by Gasteiger charge is 2.38. The van der Waals surface area contributed by atoms with E-state index in [2.05, 4.69) is 30.6 Å². The fourth-order valence-electron chi connectivity index (χ4n) is 5.92. The van der Waals surface area contributed by atoms with Gasteiger partial charge >= 0.3 is 5.97 Å². The van der Waals surface area contributed by atoms with Crippen molar-refractivity contribution in [3.05, 3.63) is 57.6 Å². The van der Waals surface area contributed by atoms with Gasteiger partial charge in [-0.05, 0) is 31.7 Å². The van der Waals surface area contributed by atoms with E-state index in [9.17, 15) is 69.6 Å². The predicted molar refractivity (Wildman–Crippen MR) is 204 cm³/mol. The molecule has 0 bridgehead atoms. The Balaban J connectivity index is 1.61. The third kappa shape index (κ3) is 13.6. The third-order valence-corrected chi connectivity index (χ3v) is 9.64. The number of aromatic nitrogens is 4. The van der Waals surface area contributed by atoms with Gasteiger partial charge in [-0.3, -0.25) is 33.8 Å². The van der Waals surface area contributed by atoms with E-state index in [-0.39, 0.29) is 22.7 Å². The summed E-state index contributed by atoms with van der Waals surface area (Å²) in [6.07, 6.45) is -11.5. The first kappa shape index (κ1) is 48.0. The highest BCUT2D eigenvalue weighted by molar-refractivity contribution is 5.98. The second-order valence-corrected chi connectivity index (χ2v) is 14.3. The van der Waals surface area contributed by atoms with E-state index in [1.807, 2.05) is 0 Å². The summed E-state index contributed by atoms with van der Waals surface area (Å²) in [7, 11) is 0. The van der Waals surface area contributed by atoms with E-state index in [1.165, 1.54) is 32.2 Å². The molecule has 324 valence electrons. The summed E-state index contributed by atoms with van der Waals surface area (Å²) >= 11 is 0. The number of fused-ring (bicyclic) bond motifs is 1. The smallest absolute Gasteiger partial charge is 0.306 e. The number of amides is 2. The molecule has 2 amide bonds. The van der Waals surface area contributed by atoms with Gasteiger partial charge in [0.25, 0.3) is 5.56 Å². The molecule has 0 unspecified atom stereocenters. The number of hydrogen-bond acceptors (Lipinski definition) is 18. The van der Waals surface area contributed by atoms with Gasteiger partial charge in [-0.2, -0.15) is 4.98 Å². The third-order valence-electron chi connectivity index (χ3n) is 9.64. The summed E-state index contributed by atoms with van der Waals surface area (Å²) in [5.41, 5.74) is 6.62. The molecule has 0 spiro atoms. The van der Waals surface area contributed by atoms with Crippen LogP contribution >= 0.6 is 0 Å². The van der Waals surface area contributed by atoms with Crippen LogP contribution < -0.4 is 21.9 Å². The molecule has 1 aromatic carbocycles. The zero-order valence-electron chi connectivity index (χ0n) is 32.2. The SMILES string of the molecule is C[C@H](CC(=O)[C@@H](NC(=O)CC[C@H](CC(=O)c1ccc(CCc2cnc3nc(N)[nH]c(=O)c3n2)cc1)C(=O)O)[C@@H](O)[C@H](O)[C@H](O)CO)C(=O)N[C@H](C)[C@@H](O)[C@H](O)[C@H](O)CO. The van der Waals surface area contributed by atoms with E-state index < -0.39 is 134 Å². The van der Waals surface area contributed by atoms with E-state index in [4.69, 9.17) is 10.8 Å². The van der Waals surface area contributed by atoms with Crippen molar-refractivity contribution in [2.75, 3.05) is 18.9 Å². The monoisotopic (exact) mass is 833 g/mol. The average molecular weight is 834 g/mol. The summed E-state index contributed by atoms with van der Waals surface area (Å²) in [5.74, 6) is -7.50. The quantitative estimate of drug-likeness (QED) is 0.0381. The minimum atomic E-state index is -2.22. The molecule has 0 aliphatic rings. The van der Waals surface area contributed by atoms with Crippen molar-refractivity contribution in [3.8, 4) is 0 Å². The second kappa shape index (κ2) is 22.2. The maximum atomic E-state index is 13.3. The standard InChI is InChI=1S/C37H51N7O15/c1-16(34(56)40-17(2)29(52)30(53)24(49)14-45)11-23(48)27(32(55)31(54)25(50)15-46)42-26(51)10-8-20(36(58)59)12-22(47)19-6-3-18(4-7-19)5-9-21-13-39-33-28(41-21)35(57)44-37(38)43-33/h3-4,6-7,13,16-17,20,24-25,27,29-32,45-46,49-50,52-55H,5,8-12,14-15H2,1-2H3,(H,40,56)(H,42,51)(H,58,59)(H3,38,39,43,44,57)/t16-,17-,20-,24-,25-,27-,29-,30-,31-,32-/m1/s1. The predicted octanol–water partition coefficient (Wildman–Crippen LogP) is -4.13. The normalized spacial score (nSPS) is 16.7. The number of Topliss-reactive ketones (excluding diaryl/α,β-unsaturated/α-hetero) is 2. The summed E-state index contributed by atoms with van der Waals surface area (Å²) in [6.45, 7) is 0.609. The van der Waals surface area contributed by atoms with E-state index in [0.29, 0.717) is 18.5 Å². The Morgan fingerprint density at radius 2 is 1.42 bits per heavy atom. The number of nitrogens with one attached hydrogen (secondary N) is 3. The number of hydrogen-bond donors (Lipinski definition) is 13. The number of carbonyl (C=O) groups is 5. The van der Waals surface area contributed by atoms with Gasteiger partial charge in [-0.15, -0.1) is 0 Å². The summed E-state index contributed by atoms with van der Waals surface area (Å²) in [6, 6.07) is 3.16. The van der Waals surface area contributed by atoms with Crippen molar-refractivity contribution in [3.63, 3.8) is 0 Å². The van der Waals surface area contributed by atoms with Crippen molar-refractivity contribution in [2.45, 2.75) is 101 Å². The molecule has 14 N–H and O–H groups in total. The van der Waals surface area contributed by atoms with Crippen LogP contribution in [0.2, 0.25) is 0 Å². The van der Waals surface area contributed by atoms with Crippen LogP contribution in [0.4, 0.5) is 5.95 Å². The molecule has 3 aromatic rings. The van der Waals surface area contributed by atoms with Crippen LogP contribution in [0.15, 0.2) is 35.3 Å². The highest BCUT2D eigenvalue weighted by atomic mass is 16.4. The van der Waals surface area contributed by atoms with Crippen LogP contribution in [0.5, 0.6) is 0 Å². The molecule has 0 aliphatic carbocycles. The van der Waals surface area contributed by atoms with Gasteiger partial charge in [0.2, 0.25) is 17.8 Å². The van der Waals surface area contributed by atoms with Crippen LogP contribution in [-0.4, -0.2) is 157 Å². The van der Waals surface area contributed by atoms with Crippen LogP contribution in [0.1, 0.15) is 61.1 Å². The number of carboxylic acids is 1. The maximum Gasteiger partial charge on any atom is 0.306 e. The first-order valence-electron chi connectivity index (χ1n) is 18.6. The first-order chi connectivity index (χ1) is 27.8. The number of aliphatic hydroxyl groups is 8. The number of ketones is 2. The van der Waals surface area contributed by atoms with Gasteiger partial charge in [0.1, 0.15) is 42.7 Å². The van der Waals surface area contributed by atoms with Crippen LogP contribution in [0.3, 0.4) is 0 Å². The number of carboxylic acid groups (broad SMARTS) is 1. The Hall–Kier alpha value is -5.33. The van der Waals surface area contributed by atoms with Crippen molar-refractivity contribution in [1.29, 1.82) is 0 Å². The number of aliphatic carboxylic acids is 1. The zero-order valence-corrected chi connectivity index (χ0v) is 32.2. The number of aryl methyl sites for hydroxylation is 2. The fourth-order valence-corrected chi connectivity index (χ4v) is 5.92. The first-order valence-corrected chi connectivity index (χ1v) is 18.6.